The van der Waals surface area contributed by atoms with Crippen LogP contribution in [0.15, 0.2) is 42.0 Å². The normalized spacial score (nSPS) is 30.6. The van der Waals surface area contributed by atoms with Crippen LogP contribution in [0.4, 0.5) is 10.1 Å². The lowest BCUT2D eigenvalue weighted by molar-refractivity contribution is -0.0328. The van der Waals surface area contributed by atoms with Gasteiger partial charge < -0.3 is 24.0 Å². The van der Waals surface area contributed by atoms with E-state index in [0.717, 1.165) is 100 Å². The number of anilines is 1. The molecule has 0 radical (unpaired) electrons. The van der Waals surface area contributed by atoms with E-state index in [1.165, 1.54) is 17.5 Å². The first-order valence-corrected chi connectivity index (χ1v) is 20.0. The molecule has 1 saturated carbocycles. The Bertz CT molecular complexity index is 1570. The molecule has 3 heterocycles. The Balaban J connectivity index is 1.19. The van der Waals surface area contributed by atoms with Crippen LogP contribution < -0.4 is 14.4 Å². The fourth-order valence-electron chi connectivity index (χ4n) is 9.00. The van der Waals surface area contributed by atoms with Gasteiger partial charge >= 0.3 is 0 Å². The second kappa shape index (κ2) is 15.7. The molecule has 7 nitrogen and oxygen atoms in total. The Morgan fingerprint density at radius 2 is 1.98 bits per heavy atom. The highest BCUT2D eigenvalue weighted by molar-refractivity contribution is 7.98. The van der Waals surface area contributed by atoms with Gasteiger partial charge in [-0.25, -0.2) is 4.39 Å². The van der Waals surface area contributed by atoms with Crippen molar-refractivity contribution >= 4 is 35.1 Å². The van der Waals surface area contributed by atoms with Gasteiger partial charge in [-0.3, -0.25) is 9.52 Å². The zero-order valence-corrected chi connectivity index (χ0v) is 31.4. The van der Waals surface area contributed by atoms with Gasteiger partial charge in [0, 0.05) is 56.1 Å². The van der Waals surface area contributed by atoms with Crippen molar-refractivity contribution in [3.05, 3.63) is 69.5 Å². The van der Waals surface area contributed by atoms with Gasteiger partial charge in [-0.2, -0.15) is 0 Å². The molecule has 4 unspecified atom stereocenters. The summed E-state index contributed by atoms with van der Waals surface area (Å²) < 4.78 is 37.7. The fraction of sp³-hybridized carbons (Fsp3) is 0.625. The molecule has 5 aliphatic rings. The van der Waals surface area contributed by atoms with Gasteiger partial charge in [0.25, 0.3) is 5.91 Å². The van der Waals surface area contributed by atoms with Crippen LogP contribution in [-0.2, 0) is 21.3 Å². The maximum atomic E-state index is 15.5. The maximum Gasteiger partial charge on any atom is 0.261 e. The third-order valence-corrected chi connectivity index (χ3v) is 13.4. The first-order valence-electron chi connectivity index (χ1n) is 18.7. The Kier molecular flexibility index (Phi) is 11.4. The lowest BCUT2D eigenvalue weighted by Crippen LogP contribution is -2.50. The third kappa shape index (κ3) is 7.59. The molecule has 2 aliphatic carbocycles. The molecule has 2 aromatic rings. The summed E-state index contributed by atoms with van der Waals surface area (Å²) in [6.07, 6.45) is 11.6. The van der Waals surface area contributed by atoms with Crippen molar-refractivity contribution in [3.63, 3.8) is 0 Å². The van der Waals surface area contributed by atoms with Crippen molar-refractivity contribution in [2.24, 2.45) is 11.8 Å². The number of nitrogens with one attached hydrogen (secondary N) is 1. The highest BCUT2D eigenvalue weighted by Crippen LogP contribution is 2.48. The van der Waals surface area contributed by atoms with E-state index >= 15 is 4.39 Å². The number of methoxy groups -OCH3 is 1. The van der Waals surface area contributed by atoms with Gasteiger partial charge in [-0.1, -0.05) is 30.7 Å². The molecule has 0 aromatic heterocycles. The number of rotatable bonds is 5. The Morgan fingerprint density at radius 3 is 2.76 bits per heavy atom. The van der Waals surface area contributed by atoms with Gasteiger partial charge in [-0.15, -0.1) is 0 Å². The lowest BCUT2D eigenvalue weighted by Gasteiger charge is -2.47. The number of likely N-dealkylation sites (tertiary alicyclic amines) is 1. The number of nitrogens with zero attached hydrogens (tertiary/aromatic N) is 2. The maximum absolute atomic E-state index is 15.5. The minimum absolute atomic E-state index is 0.0652. The molecule has 3 aliphatic heterocycles. The van der Waals surface area contributed by atoms with E-state index in [-0.39, 0.29) is 28.1 Å². The zero-order chi connectivity index (χ0) is 34.8. The quantitative estimate of drug-likeness (QED) is 0.248. The van der Waals surface area contributed by atoms with Gasteiger partial charge in [0.2, 0.25) is 0 Å². The van der Waals surface area contributed by atoms with Crippen LogP contribution in [0.5, 0.6) is 5.75 Å². The minimum Gasteiger partial charge on any atom is -0.490 e. The molecule has 2 fully saturated rings. The summed E-state index contributed by atoms with van der Waals surface area (Å²) in [5.74, 6) is 1.19. The third-order valence-electron chi connectivity index (χ3n) is 12.1. The number of amides is 1. The Labute approximate surface area is 306 Å². The van der Waals surface area contributed by atoms with Gasteiger partial charge in [-0.05, 0) is 129 Å². The standard InChI is InChI=1S/C40H53ClFN3O4S/c1-26-6-4-7-27(2)50-43-39(46)28-10-14-36-35(22-28)45(24-40(25-49-36)17-5-8-32-33(40)12-13-34(41)37(32)42)23-29-9-11-31(29)38(26)48-21-20-44-18-15-30(47-3)16-19-44/h6,10,12-14,22,27,29-31,38H,4-5,7-9,11,15-21,23-25H2,1-3H3,(H,43,46)/b26-6+/t27?,29-,31?,38?,40?/m0/s1. The topological polar surface area (TPSA) is 63.3 Å². The van der Waals surface area contributed by atoms with E-state index in [4.69, 9.17) is 25.8 Å². The second-order valence-electron chi connectivity index (χ2n) is 15.3. The molecule has 1 saturated heterocycles. The van der Waals surface area contributed by atoms with Crippen LogP contribution in [0, 0.1) is 17.7 Å². The summed E-state index contributed by atoms with van der Waals surface area (Å²) in [6.45, 7) is 10.1. The molecule has 1 spiro atoms. The largest absolute Gasteiger partial charge is 0.490 e. The molecule has 1 N–H and O–H groups in total. The fourth-order valence-corrected chi connectivity index (χ4v) is 9.85. The molecule has 50 heavy (non-hydrogen) atoms. The van der Waals surface area contributed by atoms with E-state index in [1.54, 1.807) is 6.07 Å². The second-order valence-corrected chi connectivity index (χ2v) is 17.0. The van der Waals surface area contributed by atoms with Crippen molar-refractivity contribution in [1.82, 2.24) is 9.62 Å². The van der Waals surface area contributed by atoms with Crippen molar-refractivity contribution in [1.29, 1.82) is 0 Å². The predicted octanol–water partition coefficient (Wildman–Crippen LogP) is 7.98. The van der Waals surface area contributed by atoms with E-state index in [1.807, 2.05) is 31.4 Å². The van der Waals surface area contributed by atoms with Crippen molar-refractivity contribution in [2.75, 3.05) is 57.9 Å². The van der Waals surface area contributed by atoms with Crippen molar-refractivity contribution in [2.45, 2.75) is 94.5 Å². The average Bonchev–Trinajstić information content (AvgIpc) is 3.26. The zero-order valence-electron chi connectivity index (χ0n) is 29.9. The van der Waals surface area contributed by atoms with Crippen molar-refractivity contribution in [3.8, 4) is 5.75 Å². The highest BCUT2D eigenvalue weighted by atomic mass is 35.5. The van der Waals surface area contributed by atoms with E-state index in [2.05, 4.69) is 34.4 Å². The molecule has 5 atom stereocenters. The van der Waals surface area contributed by atoms with E-state index in [0.29, 0.717) is 49.7 Å². The van der Waals surface area contributed by atoms with Gasteiger partial charge in [0.05, 0.1) is 36.1 Å². The van der Waals surface area contributed by atoms with Crippen LogP contribution in [0.2, 0.25) is 5.02 Å². The summed E-state index contributed by atoms with van der Waals surface area (Å²) in [6, 6.07) is 9.55. The number of halogens is 2. The minimum atomic E-state index is -0.395. The molecular weight excluding hydrogens is 673 g/mol. The van der Waals surface area contributed by atoms with Crippen LogP contribution >= 0.6 is 23.5 Å². The molecule has 10 heteroatoms. The predicted molar refractivity (Wildman–Crippen MR) is 200 cm³/mol. The lowest BCUT2D eigenvalue weighted by atomic mass is 9.67. The number of ether oxygens (including phenoxy) is 3. The monoisotopic (exact) mass is 725 g/mol. The Morgan fingerprint density at radius 1 is 1.14 bits per heavy atom. The first-order chi connectivity index (χ1) is 24.2. The number of carbonyl (C=O) groups excluding carboxylic acids is 1. The highest BCUT2D eigenvalue weighted by Gasteiger charge is 2.45. The summed E-state index contributed by atoms with van der Waals surface area (Å²) in [5.41, 5.74) is 4.22. The number of carbonyl (C=O) groups is 1. The summed E-state index contributed by atoms with van der Waals surface area (Å²) >= 11 is 7.78. The molecular formula is C40H53ClFN3O4S. The van der Waals surface area contributed by atoms with Crippen LogP contribution in [-0.4, -0.2) is 81.3 Å². The SMILES string of the molecule is COC1CCN(CCOC2/C(C)=C/CCC(C)SNC(=O)c3ccc4c(c3)N(C[C@@H]3CCC23)CC2(CCCc3c2ccc(Cl)c3F)CO4)CC1. The van der Waals surface area contributed by atoms with E-state index in [9.17, 15) is 4.79 Å². The first kappa shape index (κ1) is 36.1. The number of hydrogen-bond acceptors (Lipinski definition) is 7. The molecule has 7 rings (SSSR count). The van der Waals surface area contributed by atoms with Crippen molar-refractivity contribution < 1.29 is 23.4 Å². The summed E-state index contributed by atoms with van der Waals surface area (Å²) in [4.78, 5) is 18.4. The summed E-state index contributed by atoms with van der Waals surface area (Å²) in [5, 5.41) is 0.445. The van der Waals surface area contributed by atoms with Crippen LogP contribution in [0.25, 0.3) is 0 Å². The Hall–Kier alpha value is -2.30. The molecule has 2 bridgehead atoms. The molecule has 1 amide bonds. The average molecular weight is 726 g/mol. The number of fused-ring (bicyclic) bond motifs is 4. The molecule has 2 aromatic carbocycles. The summed E-state index contributed by atoms with van der Waals surface area (Å²) in [7, 11) is 1.82. The van der Waals surface area contributed by atoms with Crippen LogP contribution in [0.1, 0.15) is 86.7 Å². The number of benzene rings is 2. The number of piperidine rings is 1. The number of allylic oxidation sites excluding steroid dienone is 1. The molecule has 272 valence electrons. The van der Waals surface area contributed by atoms with Crippen LogP contribution in [0.3, 0.4) is 0 Å². The number of hydrogen-bond donors (Lipinski definition) is 1. The smallest absolute Gasteiger partial charge is 0.261 e. The van der Waals surface area contributed by atoms with Gasteiger partial charge in [0.15, 0.2) is 0 Å². The van der Waals surface area contributed by atoms with E-state index < -0.39 is 5.41 Å². The van der Waals surface area contributed by atoms with Gasteiger partial charge in [0.1, 0.15) is 11.6 Å².